The number of benzene rings is 2. The molecule has 0 radical (unpaired) electrons. The van der Waals surface area contributed by atoms with Gasteiger partial charge >= 0.3 is 5.97 Å². The number of hydrogen-bond donors (Lipinski definition) is 0. The Labute approximate surface area is 165 Å². The molecule has 0 aliphatic rings. The fraction of sp³-hybridized carbons (Fsp3) is 0.143. The molecule has 6 nitrogen and oxygen atoms in total. The number of carbonyl (C=O) groups is 1. The summed E-state index contributed by atoms with van der Waals surface area (Å²) in [5.74, 6) is 0.484. The monoisotopic (exact) mass is 400 g/mol. The number of hydrogen-bond acceptors (Lipinski definition) is 6. The van der Waals surface area contributed by atoms with E-state index in [2.05, 4.69) is 4.74 Å². The van der Waals surface area contributed by atoms with Gasteiger partial charge in [-0.3, -0.25) is 9.59 Å². The summed E-state index contributed by atoms with van der Waals surface area (Å²) in [6, 6.07) is 11.8. The molecule has 1 aromatic heterocycles. The Morgan fingerprint density at radius 3 is 2.57 bits per heavy atom. The topological polar surface area (TPSA) is 75.0 Å². The first-order chi connectivity index (χ1) is 13.5. The largest absolute Gasteiger partial charge is 0.497 e. The summed E-state index contributed by atoms with van der Waals surface area (Å²) in [6.07, 6.45) is 2.72. The van der Waals surface area contributed by atoms with Crippen molar-refractivity contribution in [3.8, 4) is 22.8 Å². The molecule has 0 amide bonds. The van der Waals surface area contributed by atoms with Crippen LogP contribution in [-0.2, 0) is 9.53 Å². The van der Waals surface area contributed by atoms with Crippen LogP contribution in [0, 0.1) is 0 Å². The van der Waals surface area contributed by atoms with Gasteiger partial charge < -0.3 is 18.6 Å². The van der Waals surface area contributed by atoms with E-state index in [1.165, 1.54) is 25.5 Å². The summed E-state index contributed by atoms with van der Waals surface area (Å²) in [7, 11) is 2.86. The van der Waals surface area contributed by atoms with E-state index in [4.69, 9.17) is 25.5 Å². The van der Waals surface area contributed by atoms with Gasteiger partial charge in [0.25, 0.3) is 0 Å². The first-order valence-corrected chi connectivity index (χ1v) is 8.70. The van der Waals surface area contributed by atoms with Crippen LogP contribution in [0.1, 0.15) is 6.42 Å². The Morgan fingerprint density at radius 2 is 1.89 bits per heavy atom. The molecule has 0 spiro atoms. The average Bonchev–Trinajstić information content (AvgIpc) is 2.72. The van der Waals surface area contributed by atoms with E-state index < -0.39 is 5.97 Å². The molecule has 0 saturated carbocycles. The van der Waals surface area contributed by atoms with Crippen molar-refractivity contribution in [3.63, 3.8) is 0 Å². The summed E-state index contributed by atoms with van der Waals surface area (Å²) in [5.41, 5.74) is 0.634. The summed E-state index contributed by atoms with van der Waals surface area (Å²) in [4.78, 5) is 24.2. The Bertz CT molecular complexity index is 1080. The van der Waals surface area contributed by atoms with E-state index in [0.29, 0.717) is 27.3 Å². The molecule has 0 aliphatic carbocycles. The predicted molar refractivity (Wildman–Crippen MR) is 106 cm³/mol. The van der Waals surface area contributed by atoms with Gasteiger partial charge in [0, 0.05) is 10.6 Å². The molecule has 1 heterocycles. The Balaban J connectivity index is 2.09. The lowest BCUT2D eigenvalue weighted by atomic mass is 10.1. The predicted octanol–water partition coefficient (Wildman–Crippen LogP) is 4.58. The van der Waals surface area contributed by atoms with Crippen molar-refractivity contribution in [2.24, 2.45) is 0 Å². The van der Waals surface area contributed by atoms with Crippen molar-refractivity contribution in [3.05, 3.63) is 70.0 Å². The minimum Gasteiger partial charge on any atom is -0.497 e. The molecule has 0 fully saturated rings. The lowest BCUT2D eigenvalue weighted by Gasteiger charge is -2.10. The van der Waals surface area contributed by atoms with E-state index in [1.54, 1.807) is 43.5 Å². The molecule has 3 rings (SSSR count). The smallest absolute Gasteiger partial charge is 0.309 e. The Morgan fingerprint density at radius 1 is 1.14 bits per heavy atom. The molecular formula is C21H17ClO6. The molecule has 144 valence electrons. The SMILES string of the molecule is COC(=O)C/C=C/Oc1c(-c2ccc(OC)cc2)oc2ccc(Cl)cc2c1=O. The molecule has 0 aliphatic heterocycles. The molecule has 3 aromatic rings. The number of rotatable bonds is 6. The summed E-state index contributed by atoms with van der Waals surface area (Å²) in [6.45, 7) is 0. The van der Waals surface area contributed by atoms with Crippen LogP contribution in [0.4, 0.5) is 0 Å². The highest BCUT2D eigenvalue weighted by Crippen LogP contribution is 2.32. The average molecular weight is 401 g/mol. The first-order valence-electron chi connectivity index (χ1n) is 8.32. The van der Waals surface area contributed by atoms with Crippen molar-refractivity contribution >= 4 is 28.5 Å². The van der Waals surface area contributed by atoms with Crippen LogP contribution in [0.25, 0.3) is 22.3 Å². The lowest BCUT2D eigenvalue weighted by molar-refractivity contribution is -0.139. The summed E-state index contributed by atoms with van der Waals surface area (Å²) in [5, 5.41) is 0.699. The zero-order chi connectivity index (χ0) is 20.1. The quantitative estimate of drug-likeness (QED) is 0.445. The third-order valence-electron chi connectivity index (χ3n) is 3.96. The second kappa shape index (κ2) is 8.63. The molecule has 7 heteroatoms. The number of esters is 1. The van der Waals surface area contributed by atoms with Gasteiger partial charge in [-0.2, -0.15) is 0 Å². The standard InChI is InChI=1S/C21H17ClO6/c1-25-15-8-5-13(6-9-15)20-21(27-11-3-4-18(23)26-2)19(24)16-12-14(22)7-10-17(16)28-20/h3,5-12H,4H2,1-2H3/b11-3+. The van der Waals surface area contributed by atoms with E-state index >= 15 is 0 Å². The number of carbonyl (C=O) groups excluding carboxylic acids is 1. The van der Waals surface area contributed by atoms with Gasteiger partial charge in [-0.15, -0.1) is 0 Å². The van der Waals surface area contributed by atoms with Crippen LogP contribution < -0.4 is 14.9 Å². The maximum atomic E-state index is 13.0. The fourth-order valence-corrected chi connectivity index (χ4v) is 2.71. The van der Waals surface area contributed by atoms with Crippen LogP contribution in [0.2, 0.25) is 5.02 Å². The van der Waals surface area contributed by atoms with Crippen LogP contribution in [-0.4, -0.2) is 20.2 Å². The summed E-state index contributed by atoms with van der Waals surface area (Å²) >= 11 is 6.01. The molecule has 0 bridgehead atoms. The normalized spacial score (nSPS) is 11.0. The molecule has 28 heavy (non-hydrogen) atoms. The van der Waals surface area contributed by atoms with Gasteiger partial charge in [-0.1, -0.05) is 11.6 Å². The minimum absolute atomic E-state index is 0.0129. The van der Waals surface area contributed by atoms with Crippen LogP contribution in [0.5, 0.6) is 11.5 Å². The molecule has 0 unspecified atom stereocenters. The van der Waals surface area contributed by atoms with Crippen molar-refractivity contribution in [1.29, 1.82) is 0 Å². The number of ether oxygens (including phenoxy) is 3. The van der Waals surface area contributed by atoms with Gasteiger partial charge in [-0.05, 0) is 48.5 Å². The Hall–Kier alpha value is -3.25. The van der Waals surface area contributed by atoms with Crippen molar-refractivity contribution < 1.29 is 23.4 Å². The van der Waals surface area contributed by atoms with E-state index in [0.717, 1.165) is 0 Å². The van der Waals surface area contributed by atoms with Crippen LogP contribution >= 0.6 is 11.6 Å². The highest BCUT2D eigenvalue weighted by atomic mass is 35.5. The number of methoxy groups -OCH3 is 2. The first kappa shape index (κ1) is 19.5. The second-order valence-electron chi connectivity index (χ2n) is 5.73. The summed E-state index contributed by atoms with van der Waals surface area (Å²) < 4.78 is 21.2. The van der Waals surface area contributed by atoms with Crippen LogP contribution in [0.3, 0.4) is 0 Å². The third kappa shape index (κ3) is 4.18. The van der Waals surface area contributed by atoms with E-state index in [-0.39, 0.29) is 23.4 Å². The molecular weight excluding hydrogens is 384 g/mol. The maximum absolute atomic E-state index is 13.0. The minimum atomic E-state index is -0.424. The highest BCUT2D eigenvalue weighted by molar-refractivity contribution is 6.31. The number of fused-ring (bicyclic) bond motifs is 1. The highest BCUT2D eigenvalue weighted by Gasteiger charge is 2.18. The van der Waals surface area contributed by atoms with Gasteiger partial charge in [0.1, 0.15) is 11.3 Å². The third-order valence-corrected chi connectivity index (χ3v) is 4.19. The number of halogens is 1. The molecule has 2 aromatic carbocycles. The van der Waals surface area contributed by atoms with Gasteiger partial charge in [0.2, 0.25) is 11.2 Å². The van der Waals surface area contributed by atoms with Crippen molar-refractivity contribution in [2.45, 2.75) is 6.42 Å². The van der Waals surface area contributed by atoms with Crippen molar-refractivity contribution in [2.75, 3.05) is 14.2 Å². The Kier molecular flexibility index (Phi) is 6.01. The maximum Gasteiger partial charge on any atom is 0.309 e. The molecule has 0 N–H and O–H groups in total. The van der Waals surface area contributed by atoms with E-state index in [9.17, 15) is 9.59 Å². The second-order valence-corrected chi connectivity index (χ2v) is 6.16. The fourth-order valence-electron chi connectivity index (χ4n) is 2.53. The zero-order valence-corrected chi connectivity index (χ0v) is 16.0. The van der Waals surface area contributed by atoms with Crippen LogP contribution in [0.15, 0.2) is 64.0 Å². The van der Waals surface area contributed by atoms with Gasteiger partial charge in [0.05, 0.1) is 32.3 Å². The van der Waals surface area contributed by atoms with Crippen molar-refractivity contribution in [1.82, 2.24) is 0 Å². The molecule has 0 saturated heterocycles. The molecule has 0 atom stereocenters. The van der Waals surface area contributed by atoms with E-state index in [1.807, 2.05) is 0 Å². The zero-order valence-electron chi connectivity index (χ0n) is 15.2. The van der Waals surface area contributed by atoms with Gasteiger partial charge in [-0.25, -0.2) is 0 Å². The van der Waals surface area contributed by atoms with Gasteiger partial charge in [0.15, 0.2) is 5.76 Å². The lowest BCUT2D eigenvalue weighted by Crippen LogP contribution is -2.07.